The van der Waals surface area contributed by atoms with Crippen molar-refractivity contribution in [2.45, 2.75) is 6.92 Å². The Labute approximate surface area is 100 Å². The quantitative estimate of drug-likeness (QED) is 0.731. The van der Waals surface area contributed by atoms with Crippen LogP contribution in [-0.4, -0.2) is 5.78 Å². The lowest BCUT2D eigenvalue weighted by Gasteiger charge is -2.02. The molecule has 0 amide bonds. The minimum atomic E-state index is -0.0502. The minimum absolute atomic E-state index is 0.0502. The lowest BCUT2D eigenvalue weighted by molar-refractivity contribution is 0.103. The van der Waals surface area contributed by atoms with Crippen molar-refractivity contribution < 1.29 is 4.79 Å². The third-order valence-electron chi connectivity index (χ3n) is 2.53. The van der Waals surface area contributed by atoms with Crippen LogP contribution in [0.15, 0.2) is 48.5 Å². The summed E-state index contributed by atoms with van der Waals surface area (Å²) >= 11 is 0. The number of benzene rings is 2. The van der Waals surface area contributed by atoms with E-state index in [1.807, 2.05) is 31.2 Å². The van der Waals surface area contributed by atoms with Gasteiger partial charge in [0.25, 0.3) is 0 Å². The van der Waals surface area contributed by atoms with Gasteiger partial charge in [-0.2, -0.15) is 5.26 Å². The molecule has 0 N–H and O–H groups in total. The maximum Gasteiger partial charge on any atom is 0.193 e. The van der Waals surface area contributed by atoms with Crippen molar-refractivity contribution in [1.82, 2.24) is 0 Å². The molecule has 0 aromatic heterocycles. The van der Waals surface area contributed by atoms with Crippen LogP contribution in [0.3, 0.4) is 0 Å². The number of carbonyl (C=O) groups is 1. The van der Waals surface area contributed by atoms with Gasteiger partial charge in [-0.1, -0.05) is 35.9 Å². The molecule has 0 unspecified atom stereocenters. The van der Waals surface area contributed by atoms with Crippen molar-refractivity contribution >= 4 is 5.78 Å². The number of ketones is 1. The average Bonchev–Trinajstić information content (AvgIpc) is 2.38. The van der Waals surface area contributed by atoms with E-state index >= 15 is 0 Å². The van der Waals surface area contributed by atoms with E-state index in [0.29, 0.717) is 16.7 Å². The molecule has 0 fully saturated rings. The first-order valence-electron chi connectivity index (χ1n) is 5.32. The predicted octanol–water partition coefficient (Wildman–Crippen LogP) is 3.10. The van der Waals surface area contributed by atoms with Crippen LogP contribution in [0, 0.1) is 18.3 Å². The molecule has 0 aliphatic rings. The molecule has 2 aromatic carbocycles. The Bertz CT molecular complexity index is 608. The van der Waals surface area contributed by atoms with Crippen LogP contribution in [-0.2, 0) is 0 Å². The second-order valence-electron chi connectivity index (χ2n) is 3.89. The summed E-state index contributed by atoms with van der Waals surface area (Å²) in [6.45, 7) is 1.95. The van der Waals surface area contributed by atoms with Gasteiger partial charge in [0.1, 0.15) is 0 Å². The zero-order valence-corrected chi connectivity index (χ0v) is 9.47. The lowest BCUT2D eigenvalue weighted by Crippen LogP contribution is -2.01. The van der Waals surface area contributed by atoms with Crippen molar-refractivity contribution in [3.05, 3.63) is 70.8 Å². The van der Waals surface area contributed by atoms with E-state index in [4.69, 9.17) is 5.26 Å². The van der Waals surface area contributed by atoms with Crippen LogP contribution in [0.5, 0.6) is 0 Å². The Morgan fingerprint density at radius 3 is 2.35 bits per heavy atom. The van der Waals surface area contributed by atoms with Crippen LogP contribution < -0.4 is 0 Å². The number of nitriles is 1. The van der Waals surface area contributed by atoms with Gasteiger partial charge >= 0.3 is 0 Å². The number of nitrogens with zero attached hydrogens (tertiary/aromatic N) is 1. The van der Waals surface area contributed by atoms with Gasteiger partial charge in [-0.25, -0.2) is 0 Å². The summed E-state index contributed by atoms with van der Waals surface area (Å²) in [5.74, 6) is -0.0502. The van der Waals surface area contributed by atoms with Crippen molar-refractivity contribution in [1.29, 1.82) is 5.26 Å². The molecular formula is C15H11NO. The Kier molecular flexibility index (Phi) is 3.02. The second-order valence-corrected chi connectivity index (χ2v) is 3.89. The predicted molar refractivity (Wildman–Crippen MR) is 65.8 cm³/mol. The fourth-order valence-corrected chi connectivity index (χ4v) is 1.68. The summed E-state index contributed by atoms with van der Waals surface area (Å²) in [5.41, 5.74) is 2.76. The van der Waals surface area contributed by atoms with E-state index in [9.17, 15) is 4.79 Å². The smallest absolute Gasteiger partial charge is 0.193 e. The van der Waals surface area contributed by atoms with E-state index < -0.39 is 0 Å². The van der Waals surface area contributed by atoms with E-state index in [0.717, 1.165) is 5.56 Å². The van der Waals surface area contributed by atoms with Gasteiger partial charge in [0, 0.05) is 11.1 Å². The first-order chi connectivity index (χ1) is 8.20. The van der Waals surface area contributed by atoms with E-state index in [-0.39, 0.29) is 5.78 Å². The number of hydrogen-bond acceptors (Lipinski definition) is 2. The highest BCUT2D eigenvalue weighted by atomic mass is 16.1. The molecule has 0 aliphatic heterocycles. The Morgan fingerprint density at radius 1 is 1.06 bits per heavy atom. The number of hydrogen-bond donors (Lipinski definition) is 0. The van der Waals surface area contributed by atoms with Gasteiger partial charge in [-0.15, -0.1) is 0 Å². The van der Waals surface area contributed by atoms with Gasteiger partial charge in [-0.05, 0) is 25.1 Å². The van der Waals surface area contributed by atoms with E-state index in [1.54, 1.807) is 30.3 Å². The molecule has 17 heavy (non-hydrogen) atoms. The molecule has 0 saturated carbocycles. The molecule has 0 atom stereocenters. The Morgan fingerprint density at radius 2 is 1.71 bits per heavy atom. The topological polar surface area (TPSA) is 40.9 Å². The first-order valence-corrected chi connectivity index (χ1v) is 5.32. The van der Waals surface area contributed by atoms with Crippen LogP contribution in [0.4, 0.5) is 0 Å². The van der Waals surface area contributed by atoms with Gasteiger partial charge in [0.15, 0.2) is 5.78 Å². The normalized spacial score (nSPS) is 9.65. The summed E-state index contributed by atoms with van der Waals surface area (Å²) in [6, 6.07) is 16.2. The van der Waals surface area contributed by atoms with Crippen LogP contribution >= 0.6 is 0 Å². The number of carbonyl (C=O) groups excluding carboxylic acids is 1. The maximum atomic E-state index is 12.2. The van der Waals surface area contributed by atoms with Crippen molar-refractivity contribution in [3.8, 4) is 6.07 Å². The largest absolute Gasteiger partial charge is 0.289 e. The molecule has 82 valence electrons. The SMILES string of the molecule is Cc1cccc(C(=O)c2cccc(C#N)c2)c1. The molecule has 0 heterocycles. The summed E-state index contributed by atoms with van der Waals surface area (Å²) in [7, 11) is 0. The van der Waals surface area contributed by atoms with Gasteiger partial charge < -0.3 is 0 Å². The summed E-state index contributed by atoms with van der Waals surface area (Å²) in [6.07, 6.45) is 0. The maximum absolute atomic E-state index is 12.2. The molecular weight excluding hydrogens is 210 g/mol. The highest BCUT2D eigenvalue weighted by Gasteiger charge is 2.09. The standard InChI is InChI=1S/C15H11NO/c1-11-4-2-6-13(8-11)15(17)14-7-3-5-12(9-14)10-16/h2-9H,1H3. The zero-order chi connectivity index (χ0) is 12.3. The summed E-state index contributed by atoms with van der Waals surface area (Å²) in [4.78, 5) is 12.2. The van der Waals surface area contributed by atoms with Crippen LogP contribution in [0.2, 0.25) is 0 Å². The summed E-state index contributed by atoms with van der Waals surface area (Å²) in [5, 5.41) is 8.80. The van der Waals surface area contributed by atoms with E-state index in [1.165, 1.54) is 0 Å². The number of aryl methyl sites for hydroxylation is 1. The average molecular weight is 221 g/mol. The molecule has 0 saturated heterocycles. The molecule has 2 rings (SSSR count). The molecule has 0 bridgehead atoms. The van der Waals surface area contributed by atoms with Crippen LogP contribution in [0.1, 0.15) is 27.0 Å². The zero-order valence-electron chi connectivity index (χ0n) is 9.47. The highest BCUT2D eigenvalue weighted by Crippen LogP contribution is 2.12. The molecule has 2 aromatic rings. The third-order valence-corrected chi connectivity index (χ3v) is 2.53. The van der Waals surface area contributed by atoms with Gasteiger partial charge in [-0.3, -0.25) is 4.79 Å². The Hall–Kier alpha value is -2.40. The first kappa shape index (κ1) is 11.1. The lowest BCUT2D eigenvalue weighted by atomic mass is 10.0. The molecule has 0 radical (unpaired) electrons. The molecule has 0 spiro atoms. The van der Waals surface area contributed by atoms with Gasteiger partial charge in [0.2, 0.25) is 0 Å². The Balaban J connectivity index is 2.41. The minimum Gasteiger partial charge on any atom is -0.289 e. The molecule has 2 heteroatoms. The highest BCUT2D eigenvalue weighted by molar-refractivity contribution is 6.09. The fourth-order valence-electron chi connectivity index (χ4n) is 1.68. The monoisotopic (exact) mass is 221 g/mol. The molecule has 2 nitrogen and oxygen atoms in total. The fraction of sp³-hybridized carbons (Fsp3) is 0.0667. The number of rotatable bonds is 2. The van der Waals surface area contributed by atoms with Crippen molar-refractivity contribution in [3.63, 3.8) is 0 Å². The third kappa shape index (κ3) is 2.40. The summed E-state index contributed by atoms with van der Waals surface area (Å²) < 4.78 is 0. The van der Waals surface area contributed by atoms with E-state index in [2.05, 4.69) is 0 Å². The van der Waals surface area contributed by atoms with Crippen molar-refractivity contribution in [2.75, 3.05) is 0 Å². The second kappa shape index (κ2) is 4.63. The van der Waals surface area contributed by atoms with Crippen molar-refractivity contribution in [2.24, 2.45) is 0 Å². The molecule has 0 aliphatic carbocycles. The van der Waals surface area contributed by atoms with Crippen LogP contribution in [0.25, 0.3) is 0 Å². The van der Waals surface area contributed by atoms with Gasteiger partial charge in [0.05, 0.1) is 11.6 Å².